The predicted octanol–water partition coefficient (Wildman–Crippen LogP) is 8.09. The van der Waals surface area contributed by atoms with E-state index in [1.807, 2.05) is 0 Å². The molecule has 4 nitrogen and oxygen atoms in total. The average Bonchev–Trinajstić information content (AvgIpc) is 2.81. The maximum atomic E-state index is 13.1. The molecule has 35 heavy (non-hydrogen) atoms. The van der Waals surface area contributed by atoms with Gasteiger partial charge in [-0.3, -0.25) is 4.79 Å². The molecular weight excluding hydrogens is 473 g/mol. The molecule has 0 aliphatic rings. The van der Waals surface area contributed by atoms with Gasteiger partial charge in [-0.05, 0) is 55.9 Å². The van der Waals surface area contributed by atoms with Gasteiger partial charge in [0.25, 0.3) is 5.91 Å². The minimum atomic E-state index is -4.71. The van der Waals surface area contributed by atoms with Crippen LogP contribution in [-0.4, -0.2) is 28.1 Å². The molecule has 1 rings (SSSR count). The number of aliphatic hydroxyl groups is 1. The second kappa shape index (κ2) is 16.9. The molecule has 0 saturated heterocycles. The van der Waals surface area contributed by atoms with Crippen LogP contribution in [0.3, 0.4) is 0 Å². The van der Waals surface area contributed by atoms with E-state index < -0.39 is 28.8 Å². The molecule has 0 radical (unpaired) electrons. The number of carbonyl (C=O) groups excluding carboxylic acids is 1. The zero-order valence-corrected chi connectivity index (χ0v) is 22.0. The van der Waals surface area contributed by atoms with E-state index in [2.05, 4.69) is 24.0 Å². The summed E-state index contributed by atoms with van der Waals surface area (Å²) in [6.07, 6.45) is 9.54. The van der Waals surface area contributed by atoms with Gasteiger partial charge in [-0.1, -0.05) is 71.1 Å². The first-order chi connectivity index (χ1) is 16.6. The first-order valence-corrected chi connectivity index (χ1v) is 14.0. The van der Waals surface area contributed by atoms with Crippen LogP contribution in [0.1, 0.15) is 108 Å². The number of unbranched alkanes of at least 4 members (excludes halogenated alkanes) is 10. The molecule has 0 bridgehead atoms. The lowest BCUT2D eigenvalue weighted by atomic mass is 9.96. The maximum Gasteiger partial charge on any atom is 0.417 e. The van der Waals surface area contributed by atoms with Gasteiger partial charge in [0.05, 0.1) is 17.2 Å². The Kier molecular flexibility index (Phi) is 15.1. The Balaban J connectivity index is 2.20. The van der Waals surface area contributed by atoms with Crippen LogP contribution in [0.25, 0.3) is 0 Å². The summed E-state index contributed by atoms with van der Waals surface area (Å²) in [6, 6.07) is 4.47. The quantitative estimate of drug-likeness (QED) is 0.194. The van der Waals surface area contributed by atoms with Crippen LogP contribution in [0.15, 0.2) is 18.2 Å². The topological polar surface area (TPSA) is 73.1 Å². The van der Waals surface area contributed by atoms with Crippen LogP contribution in [0.2, 0.25) is 0 Å². The third kappa shape index (κ3) is 13.2. The summed E-state index contributed by atoms with van der Waals surface area (Å²) in [5, 5.41) is 21.7. The van der Waals surface area contributed by atoms with Gasteiger partial charge in [0.15, 0.2) is 0 Å². The lowest BCUT2D eigenvalue weighted by Gasteiger charge is -2.22. The number of halogens is 3. The highest BCUT2D eigenvalue weighted by Gasteiger charge is 2.35. The first kappa shape index (κ1) is 31.3. The fraction of sp³-hybridized carbons (Fsp3) is 0.704. The van der Waals surface area contributed by atoms with Crippen molar-refractivity contribution in [1.29, 1.82) is 5.26 Å². The highest BCUT2D eigenvalue weighted by molar-refractivity contribution is 7.99. The number of benzene rings is 1. The summed E-state index contributed by atoms with van der Waals surface area (Å²) in [4.78, 5) is 12.4. The van der Waals surface area contributed by atoms with Crippen LogP contribution < -0.4 is 5.32 Å². The number of nitriles is 1. The van der Waals surface area contributed by atoms with Crippen molar-refractivity contribution in [3.63, 3.8) is 0 Å². The Labute approximate surface area is 213 Å². The van der Waals surface area contributed by atoms with E-state index in [0.717, 1.165) is 31.4 Å². The molecule has 0 fully saturated rings. The summed E-state index contributed by atoms with van der Waals surface area (Å²) < 4.78 is 39.3. The number of hydrogen-bond donors (Lipinski definition) is 2. The molecular formula is C27H41F3N2O2S. The number of carbonyl (C=O) groups is 1. The van der Waals surface area contributed by atoms with Gasteiger partial charge >= 0.3 is 6.18 Å². The van der Waals surface area contributed by atoms with Gasteiger partial charge in [-0.2, -0.15) is 30.2 Å². The molecule has 1 aromatic rings. The third-order valence-electron chi connectivity index (χ3n) is 6.04. The summed E-state index contributed by atoms with van der Waals surface area (Å²) in [6.45, 7) is 3.61. The zero-order chi connectivity index (χ0) is 26.2. The lowest BCUT2D eigenvalue weighted by molar-refractivity contribution is -0.138. The number of hydrogen-bond acceptors (Lipinski definition) is 4. The number of thioether (sulfide) groups is 1. The minimum absolute atomic E-state index is 0.100. The van der Waals surface area contributed by atoms with Crippen molar-refractivity contribution in [3.05, 3.63) is 29.3 Å². The number of nitrogens with one attached hydrogen (secondary N) is 1. The Bertz CT molecular complexity index is 792. The summed E-state index contributed by atoms with van der Waals surface area (Å²) in [5.74, 6) is 1.78. The molecule has 0 aromatic heterocycles. The van der Waals surface area contributed by atoms with Gasteiger partial charge < -0.3 is 10.4 Å². The molecule has 0 heterocycles. The van der Waals surface area contributed by atoms with E-state index in [1.165, 1.54) is 81.9 Å². The molecule has 1 atom stereocenters. The number of anilines is 1. The van der Waals surface area contributed by atoms with E-state index >= 15 is 0 Å². The molecule has 2 N–H and O–H groups in total. The maximum absolute atomic E-state index is 13.1. The van der Waals surface area contributed by atoms with Crippen molar-refractivity contribution >= 4 is 23.4 Å². The van der Waals surface area contributed by atoms with Crippen LogP contribution in [0.5, 0.6) is 0 Å². The van der Waals surface area contributed by atoms with E-state index in [0.29, 0.717) is 6.42 Å². The molecule has 0 aliphatic carbocycles. The van der Waals surface area contributed by atoms with E-state index in [4.69, 9.17) is 5.26 Å². The van der Waals surface area contributed by atoms with Gasteiger partial charge in [0.2, 0.25) is 0 Å². The summed E-state index contributed by atoms with van der Waals surface area (Å²) in [5.41, 5.74) is -3.41. The smallest absolute Gasteiger partial charge is 0.380 e. The summed E-state index contributed by atoms with van der Waals surface area (Å²) >= 11 is 2.07. The predicted molar refractivity (Wildman–Crippen MR) is 138 cm³/mol. The number of rotatable bonds is 18. The third-order valence-corrected chi connectivity index (χ3v) is 7.19. The monoisotopic (exact) mass is 514 g/mol. The first-order valence-electron chi connectivity index (χ1n) is 12.8. The molecule has 0 saturated carbocycles. The molecule has 1 amide bonds. The van der Waals surface area contributed by atoms with Gasteiger partial charge in [0.1, 0.15) is 5.60 Å². The molecule has 0 unspecified atom stereocenters. The number of nitrogens with zero attached hydrogens (tertiary/aromatic N) is 1. The minimum Gasteiger partial charge on any atom is -0.380 e. The zero-order valence-electron chi connectivity index (χ0n) is 21.2. The van der Waals surface area contributed by atoms with E-state index in [9.17, 15) is 23.1 Å². The van der Waals surface area contributed by atoms with Crippen LogP contribution in [-0.2, 0) is 11.0 Å². The highest BCUT2D eigenvalue weighted by Crippen LogP contribution is 2.33. The lowest BCUT2D eigenvalue weighted by Crippen LogP contribution is -2.40. The molecule has 8 heteroatoms. The van der Waals surface area contributed by atoms with Crippen LogP contribution in [0, 0.1) is 11.3 Å². The molecule has 0 spiro atoms. The second-order valence-electron chi connectivity index (χ2n) is 9.35. The molecule has 198 valence electrons. The van der Waals surface area contributed by atoms with Crippen molar-refractivity contribution in [1.82, 2.24) is 0 Å². The van der Waals surface area contributed by atoms with E-state index in [1.54, 1.807) is 0 Å². The SMILES string of the molecule is CCCCCCSCCCCCCCCCC[C@](C)(O)C(=O)Nc1ccc(C#N)c(C(F)(F)F)c1. The van der Waals surface area contributed by atoms with Crippen molar-refractivity contribution < 1.29 is 23.1 Å². The largest absolute Gasteiger partial charge is 0.417 e. The van der Waals surface area contributed by atoms with Gasteiger partial charge in [-0.15, -0.1) is 0 Å². The Hall–Kier alpha value is -1.72. The fourth-order valence-electron chi connectivity index (χ4n) is 3.80. The normalized spacial score (nSPS) is 13.3. The van der Waals surface area contributed by atoms with E-state index in [-0.39, 0.29) is 12.1 Å². The Morgan fingerprint density at radius 1 is 0.971 bits per heavy atom. The van der Waals surface area contributed by atoms with Crippen molar-refractivity contribution in [2.45, 2.75) is 109 Å². The Morgan fingerprint density at radius 3 is 2.06 bits per heavy atom. The van der Waals surface area contributed by atoms with Crippen molar-refractivity contribution in [2.24, 2.45) is 0 Å². The number of amides is 1. The molecule has 1 aromatic carbocycles. The standard InChI is InChI=1S/C27H41F3N2O2S/c1-3-4-5-13-18-35-19-14-11-9-7-6-8-10-12-17-26(2,34)25(33)32-23-16-15-22(21-31)24(20-23)27(28,29)30/h15-16,20,34H,3-14,17-19H2,1-2H3,(H,32,33)/t26-/m0/s1. The highest BCUT2D eigenvalue weighted by atomic mass is 32.2. The second-order valence-corrected chi connectivity index (χ2v) is 10.6. The number of alkyl halides is 3. The van der Waals surface area contributed by atoms with Crippen LogP contribution >= 0.6 is 11.8 Å². The van der Waals surface area contributed by atoms with Gasteiger partial charge in [-0.25, -0.2) is 0 Å². The summed E-state index contributed by atoms with van der Waals surface area (Å²) in [7, 11) is 0. The Morgan fingerprint density at radius 2 is 1.51 bits per heavy atom. The molecule has 0 aliphatic heterocycles. The van der Waals surface area contributed by atoms with Crippen molar-refractivity contribution in [3.8, 4) is 6.07 Å². The average molecular weight is 515 g/mol. The van der Waals surface area contributed by atoms with Crippen molar-refractivity contribution in [2.75, 3.05) is 16.8 Å². The van der Waals surface area contributed by atoms with Gasteiger partial charge in [0, 0.05) is 5.69 Å². The van der Waals surface area contributed by atoms with Crippen LogP contribution in [0.4, 0.5) is 18.9 Å². The fourth-order valence-corrected chi connectivity index (χ4v) is 4.82.